The molecule has 196 valence electrons. The van der Waals surface area contributed by atoms with Gasteiger partial charge in [-0.3, -0.25) is 14.4 Å². The first-order chi connectivity index (χ1) is 17.2. The van der Waals surface area contributed by atoms with Crippen molar-refractivity contribution in [1.29, 1.82) is 0 Å². The second-order valence-electron chi connectivity index (χ2n) is 8.10. The van der Waals surface area contributed by atoms with Gasteiger partial charge in [-0.25, -0.2) is 9.18 Å². The van der Waals surface area contributed by atoms with E-state index in [1.807, 2.05) is 0 Å². The molecule has 37 heavy (non-hydrogen) atoms. The Morgan fingerprint density at radius 3 is 2.46 bits per heavy atom. The van der Waals surface area contributed by atoms with Crippen LogP contribution < -0.4 is 15.4 Å². The Morgan fingerprint density at radius 1 is 1.14 bits per heavy atom. The maximum Gasteiger partial charge on any atom is 0.573 e. The van der Waals surface area contributed by atoms with Crippen molar-refractivity contribution in [2.45, 2.75) is 31.8 Å². The second-order valence-corrected chi connectivity index (χ2v) is 8.10. The third-order valence-electron chi connectivity index (χ3n) is 5.47. The molecule has 1 aliphatic rings. The van der Waals surface area contributed by atoms with Crippen molar-refractivity contribution in [3.63, 3.8) is 0 Å². The first-order valence-electron chi connectivity index (χ1n) is 10.7. The molecule has 3 N–H and O–H groups in total. The lowest BCUT2D eigenvalue weighted by atomic mass is 9.97. The summed E-state index contributed by atoms with van der Waals surface area (Å²) in [6.45, 7) is 1.52. The highest BCUT2D eigenvalue weighted by atomic mass is 19.4. The molecule has 2 unspecified atom stereocenters. The summed E-state index contributed by atoms with van der Waals surface area (Å²) < 4.78 is 56.4. The van der Waals surface area contributed by atoms with Crippen LogP contribution in [0.3, 0.4) is 0 Å². The molecule has 0 saturated heterocycles. The van der Waals surface area contributed by atoms with Crippen molar-refractivity contribution in [3.05, 3.63) is 65.6 Å². The maximum absolute atomic E-state index is 14.8. The van der Waals surface area contributed by atoms with Crippen LogP contribution in [0.25, 0.3) is 11.1 Å². The van der Waals surface area contributed by atoms with Gasteiger partial charge < -0.3 is 25.4 Å². The number of allylic oxidation sites excluding steroid dienone is 1. The van der Waals surface area contributed by atoms with Crippen molar-refractivity contribution >= 4 is 23.7 Å². The van der Waals surface area contributed by atoms with Crippen molar-refractivity contribution in [2.24, 2.45) is 0 Å². The van der Waals surface area contributed by atoms with E-state index in [1.54, 1.807) is 0 Å². The van der Waals surface area contributed by atoms with Crippen LogP contribution in [0.1, 0.15) is 24.9 Å². The van der Waals surface area contributed by atoms with Crippen molar-refractivity contribution in [3.8, 4) is 16.9 Å². The third kappa shape index (κ3) is 6.84. The standard InChI is InChI=1S/C24H21F4N3O6/c1-12-8-19(32)21(22(35)31(12)2)30-23(36)29-18(11-20(33)34)16-10-14(6-7-17(16)25)13-4-3-5-15(9-13)37-24(26,27)28/h3-10,18,21H,11H2,1-2H3,(H,33,34)(H2,29,30,36). The number of nitrogens with one attached hydrogen (secondary N) is 2. The monoisotopic (exact) mass is 523 g/mol. The minimum Gasteiger partial charge on any atom is -0.481 e. The largest absolute Gasteiger partial charge is 0.573 e. The van der Waals surface area contributed by atoms with Crippen LogP contribution in [0.2, 0.25) is 0 Å². The van der Waals surface area contributed by atoms with E-state index < -0.39 is 60.1 Å². The molecule has 0 aliphatic carbocycles. The van der Waals surface area contributed by atoms with Crippen LogP contribution in [0.15, 0.2) is 54.2 Å². The molecule has 1 heterocycles. The molecule has 0 aromatic heterocycles. The van der Waals surface area contributed by atoms with Gasteiger partial charge in [0.15, 0.2) is 11.8 Å². The average molecular weight is 523 g/mol. The Balaban J connectivity index is 1.88. The average Bonchev–Trinajstić information content (AvgIpc) is 2.79. The number of carboxylic acid groups (broad SMARTS) is 1. The Morgan fingerprint density at radius 2 is 1.81 bits per heavy atom. The van der Waals surface area contributed by atoms with E-state index in [1.165, 1.54) is 38.2 Å². The normalized spacial score (nSPS) is 16.6. The lowest BCUT2D eigenvalue weighted by Crippen LogP contribution is -2.56. The van der Waals surface area contributed by atoms with E-state index >= 15 is 0 Å². The van der Waals surface area contributed by atoms with Gasteiger partial charge in [0.2, 0.25) is 0 Å². The van der Waals surface area contributed by atoms with Gasteiger partial charge in [-0.2, -0.15) is 0 Å². The Hall–Kier alpha value is -4.42. The van der Waals surface area contributed by atoms with Crippen LogP contribution in [-0.4, -0.2) is 53.1 Å². The van der Waals surface area contributed by atoms with Gasteiger partial charge in [-0.1, -0.05) is 18.2 Å². The number of likely N-dealkylation sites (N-methyl/N-ethyl adjacent to an activating group) is 1. The van der Waals surface area contributed by atoms with E-state index in [-0.39, 0.29) is 16.7 Å². The van der Waals surface area contributed by atoms with Crippen LogP contribution >= 0.6 is 0 Å². The number of alkyl halides is 3. The van der Waals surface area contributed by atoms with Crippen molar-refractivity contribution in [2.75, 3.05) is 7.05 Å². The number of aliphatic carboxylic acids is 1. The number of amides is 3. The highest BCUT2D eigenvalue weighted by molar-refractivity contribution is 6.14. The number of hydrogen-bond acceptors (Lipinski definition) is 5. The first-order valence-corrected chi connectivity index (χ1v) is 10.7. The highest BCUT2D eigenvalue weighted by Crippen LogP contribution is 2.31. The predicted octanol–water partition coefficient (Wildman–Crippen LogP) is 3.52. The molecule has 0 radical (unpaired) electrons. The summed E-state index contributed by atoms with van der Waals surface area (Å²) in [5.74, 6) is -4.24. The number of carbonyl (C=O) groups excluding carboxylic acids is 3. The van der Waals surface area contributed by atoms with Crippen molar-refractivity contribution in [1.82, 2.24) is 15.5 Å². The number of urea groups is 1. The zero-order chi connectivity index (χ0) is 27.5. The molecule has 9 nitrogen and oxygen atoms in total. The first kappa shape index (κ1) is 27.2. The van der Waals surface area contributed by atoms with Crippen LogP contribution in [0, 0.1) is 5.82 Å². The van der Waals surface area contributed by atoms with Crippen LogP contribution in [0.4, 0.5) is 22.4 Å². The smallest absolute Gasteiger partial charge is 0.481 e. The molecule has 2 aromatic rings. The van der Waals surface area contributed by atoms with E-state index in [2.05, 4.69) is 15.4 Å². The van der Waals surface area contributed by atoms with Gasteiger partial charge in [0.25, 0.3) is 5.91 Å². The topological polar surface area (TPSA) is 125 Å². The minimum atomic E-state index is -4.93. The molecule has 0 fully saturated rings. The van der Waals surface area contributed by atoms with Gasteiger partial charge in [0, 0.05) is 24.4 Å². The fraction of sp³-hybridized carbons (Fsp3) is 0.250. The van der Waals surface area contributed by atoms with E-state index in [4.69, 9.17) is 0 Å². The van der Waals surface area contributed by atoms with E-state index in [9.17, 15) is 41.8 Å². The number of hydrogen-bond donors (Lipinski definition) is 3. The number of halogens is 4. The summed E-state index contributed by atoms with van der Waals surface area (Å²) >= 11 is 0. The van der Waals surface area contributed by atoms with E-state index in [0.29, 0.717) is 5.70 Å². The van der Waals surface area contributed by atoms with E-state index in [0.717, 1.165) is 29.2 Å². The van der Waals surface area contributed by atoms with Crippen LogP contribution in [-0.2, 0) is 14.4 Å². The number of carboxylic acids is 1. The summed E-state index contributed by atoms with van der Waals surface area (Å²) in [7, 11) is 1.40. The van der Waals surface area contributed by atoms with Gasteiger partial charge >= 0.3 is 18.4 Å². The summed E-state index contributed by atoms with van der Waals surface area (Å²) in [6, 6.07) is 4.11. The molecule has 2 aromatic carbocycles. The summed E-state index contributed by atoms with van der Waals surface area (Å²) in [5, 5.41) is 13.7. The molecule has 0 spiro atoms. The second kappa shape index (κ2) is 10.7. The van der Waals surface area contributed by atoms with Gasteiger partial charge in [-0.05, 0) is 42.3 Å². The quantitative estimate of drug-likeness (QED) is 0.377. The van der Waals surface area contributed by atoms with Crippen LogP contribution in [0.5, 0.6) is 5.75 Å². The summed E-state index contributed by atoms with van der Waals surface area (Å²) in [4.78, 5) is 49.8. The number of ketones is 1. The molecule has 2 atom stereocenters. The SMILES string of the molecule is CC1=CC(=O)C(NC(=O)NC(CC(=O)O)c2cc(-c3cccc(OC(F)(F)F)c3)ccc2F)C(=O)N1C. The lowest BCUT2D eigenvalue weighted by molar-refractivity contribution is -0.274. The molecule has 0 saturated carbocycles. The molecule has 13 heteroatoms. The number of rotatable bonds is 7. The fourth-order valence-electron chi connectivity index (χ4n) is 3.62. The fourth-order valence-corrected chi connectivity index (χ4v) is 3.62. The minimum absolute atomic E-state index is 0.199. The number of carbonyl (C=O) groups is 4. The Labute approximate surface area is 207 Å². The van der Waals surface area contributed by atoms with Gasteiger partial charge in [0.1, 0.15) is 11.6 Å². The summed E-state index contributed by atoms with van der Waals surface area (Å²) in [5.41, 5.74) is 0.485. The molecule has 1 aliphatic heterocycles. The molecule has 3 rings (SSSR count). The molecule has 0 bridgehead atoms. The lowest BCUT2D eigenvalue weighted by Gasteiger charge is -2.28. The Bertz CT molecular complexity index is 1280. The van der Waals surface area contributed by atoms with Gasteiger partial charge in [-0.15, -0.1) is 13.2 Å². The number of benzene rings is 2. The van der Waals surface area contributed by atoms with Crippen molar-refractivity contribution < 1.29 is 46.6 Å². The molecular formula is C24H21F4N3O6. The maximum atomic E-state index is 14.8. The number of ether oxygens (including phenoxy) is 1. The molecule has 3 amide bonds. The number of nitrogens with zero attached hydrogens (tertiary/aromatic N) is 1. The third-order valence-corrected chi connectivity index (χ3v) is 5.47. The molecular weight excluding hydrogens is 502 g/mol. The summed E-state index contributed by atoms with van der Waals surface area (Å²) in [6.07, 6.45) is -4.56. The Kier molecular flexibility index (Phi) is 7.84. The predicted molar refractivity (Wildman–Crippen MR) is 121 cm³/mol. The zero-order valence-electron chi connectivity index (χ0n) is 19.4. The highest BCUT2D eigenvalue weighted by Gasteiger charge is 2.35. The van der Waals surface area contributed by atoms with Gasteiger partial charge in [0.05, 0.1) is 12.5 Å². The zero-order valence-corrected chi connectivity index (χ0v) is 19.4.